The van der Waals surface area contributed by atoms with Crippen molar-refractivity contribution in [3.8, 4) is 5.75 Å². The largest absolute Gasteiger partial charge is 0.497 e. The summed E-state index contributed by atoms with van der Waals surface area (Å²) in [6.45, 7) is 0.470. The number of fused-ring (bicyclic) bond motifs is 1. The lowest BCUT2D eigenvalue weighted by atomic mass is 9.88. The smallest absolute Gasteiger partial charge is 0.332 e. The van der Waals surface area contributed by atoms with E-state index in [1.807, 2.05) is 24.3 Å². The SMILES string of the molecule is COc1ccc(CN2N=C(CC=O)C3C(C(=O)O)=CC=NC32)cc1. The van der Waals surface area contributed by atoms with Gasteiger partial charge < -0.3 is 14.6 Å². The molecule has 2 heterocycles. The van der Waals surface area contributed by atoms with Crippen molar-refractivity contribution >= 4 is 24.2 Å². The Balaban J connectivity index is 1.86. The Labute approximate surface area is 138 Å². The number of carbonyl (C=O) groups is 2. The van der Waals surface area contributed by atoms with Crippen LogP contribution in [0.15, 0.2) is 46.0 Å². The Hall–Kier alpha value is -2.96. The van der Waals surface area contributed by atoms with Crippen LogP contribution in [0.1, 0.15) is 12.0 Å². The third-order valence-electron chi connectivity index (χ3n) is 4.09. The van der Waals surface area contributed by atoms with Gasteiger partial charge in [0.15, 0.2) is 0 Å². The first-order valence-electron chi connectivity index (χ1n) is 7.51. The monoisotopic (exact) mass is 327 g/mol. The average Bonchev–Trinajstić information content (AvgIpc) is 2.93. The number of carboxylic acids is 1. The molecule has 2 aliphatic rings. The van der Waals surface area contributed by atoms with Gasteiger partial charge in [0.2, 0.25) is 0 Å². The fraction of sp³-hybridized carbons (Fsp3) is 0.294. The normalized spacial score (nSPS) is 21.8. The molecule has 24 heavy (non-hydrogen) atoms. The summed E-state index contributed by atoms with van der Waals surface area (Å²) in [6, 6.07) is 7.54. The second-order valence-corrected chi connectivity index (χ2v) is 5.52. The number of hydrogen-bond donors (Lipinski definition) is 1. The molecule has 0 aliphatic carbocycles. The molecular weight excluding hydrogens is 310 g/mol. The lowest BCUT2D eigenvalue weighted by Crippen LogP contribution is -2.36. The zero-order valence-electron chi connectivity index (χ0n) is 13.1. The van der Waals surface area contributed by atoms with Crippen LogP contribution in [0, 0.1) is 5.92 Å². The van der Waals surface area contributed by atoms with E-state index in [2.05, 4.69) is 10.1 Å². The topological polar surface area (TPSA) is 91.6 Å². The molecule has 7 nitrogen and oxygen atoms in total. The van der Waals surface area contributed by atoms with Crippen molar-refractivity contribution in [1.82, 2.24) is 5.01 Å². The van der Waals surface area contributed by atoms with E-state index in [1.54, 1.807) is 12.1 Å². The molecule has 0 saturated heterocycles. The van der Waals surface area contributed by atoms with E-state index < -0.39 is 18.1 Å². The second kappa shape index (κ2) is 6.66. The molecule has 7 heteroatoms. The standard InChI is InChI=1S/C17H17N3O4/c1-24-12-4-2-11(3-5-12)10-20-16-15(14(19-20)7-9-21)13(17(22)23)6-8-18-16/h2-6,8-9,15-16H,7,10H2,1H3,(H,22,23). The van der Waals surface area contributed by atoms with Gasteiger partial charge in [-0.1, -0.05) is 12.1 Å². The summed E-state index contributed by atoms with van der Waals surface area (Å²) in [6.07, 6.45) is 3.37. The predicted octanol–water partition coefficient (Wildman–Crippen LogP) is 1.49. The molecule has 0 amide bonds. The lowest BCUT2D eigenvalue weighted by molar-refractivity contribution is -0.133. The minimum Gasteiger partial charge on any atom is -0.497 e. The number of rotatable bonds is 6. The number of allylic oxidation sites excluding steroid dienone is 1. The van der Waals surface area contributed by atoms with E-state index in [9.17, 15) is 14.7 Å². The molecule has 2 unspecified atom stereocenters. The Morgan fingerprint density at radius 1 is 1.38 bits per heavy atom. The van der Waals surface area contributed by atoms with Gasteiger partial charge in [-0.15, -0.1) is 0 Å². The minimum atomic E-state index is -1.01. The first kappa shape index (κ1) is 15.9. The van der Waals surface area contributed by atoms with Crippen molar-refractivity contribution in [2.45, 2.75) is 19.1 Å². The summed E-state index contributed by atoms with van der Waals surface area (Å²) >= 11 is 0. The molecule has 2 atom stereocenters. The minimum absolute atomic E-state index is 0.0976. The van der Waals surface area contributed by atoms with Crippen LogP contribution >= 0.6 is 0 Å². The highest BCUT2D eigenvalue weighted by molar-refractivity contribution is 6.07. The molecule has 0 aromatic heterocycles. The third kappa shape index (κ3) is 2.92. The van der Waals surface area contributed by atoms with E-state index in [0.717, 1.165) is 17.6 Å². The fourth-order valence-electron chi connectivity index (χ4n) is 2.95. The summed E-state index contributed by atoms with van der Waals surface area (Å²) in [5, 5.41) is 15.6. The van der Waals surface area contributed by atoms with Crippen molar-refractivity contribution in [3.63, 3.8) is 0 Å². The van der Waals surface area contributed by atoms with Crippen LogP contribution in [-0.2, 0) is 16.1 Å². The Morgan fingerprint density at radius 2 is 2.12 bits per heavy atom. The number of aldehydes is 1. The second-order valence-electron chi connectivity index (χ2n) is 5.52. The number of nitrogens with zero attached hydrogens (tertiary/aromatic N) is 3. The quantitative estimate of drug-likeness (QED) is 0.799. The molecule has 1 aromatic rings. The molecule has 0 spiro atoms. The molecule has 0 radical (unpaired) electrons. The molecule has 0 saturated carbocycles. The van der Waals surface area contributed by atoms with E-state index in [1.165, 1.54) is 12.3 Å². The van der Waals surface area contributed by atoms with Gasteiger partial charge in [-0.25, -0.2) is 4.79 Å². The van der Waals surface area contributed by atoms with Crippen LogP contribution < -0.4 is 4.74 Å². The van der Waals surface area contributed by atoms with Gasteiger partial charge in [-0.2, -0.15) is 5.10 Å². The van der Waals surface area contributed by atoms with Crippen LogP contribution in [0.4, 0.5) is 0 Å². The Kier molecular flexibility index (Phi) is 4.41. The number of carboxylic acid groups (broad SMARTS) is 1. The molecule has 0 bridgehead atoms. The molecule has 3 rings (SSSR count). The van der Waals surface area contributed by atoms with Gasteiger partial charge >= 0.3 is 5.97 Å². The summed E-state index contributed by atoms with van der Waals surface area (Å²) in [4.78, 5) is 26.8. The molecule has 1 N–H and O–H groups in total. The van der Waals surface area contributed by atoms with Crippen molar-refractivity contribution in [1.29, 1.82) is 0 Å². The molecule has 2 aliphatic heterocycles. The van der Waals surface area contributed by atoms with Crippen LogP contribution in [0.25, 0.3) is 0 Å². The van der Waals surface area contributed by atoms with Crippen LogP contribution in [-0.4, -0.2) is 47.6 Å². The Bertz CT molecular complexity index is 737. The number of aliphatic imine (C=N–C) groups is 1. The number of hydrazone groups is 1. The zero-order valence-corrected chi connectivity index (χ0v) is 13.1. The summed E-state index contributed by atoms with van der Waals surface area (Å²) in [7, 11) is 1.60. The summed E-state index contributed by atoms with van der Waals surface area (Å²) in [5.74, 6) is -0.744. The van der Waals surface area contributed by atoms with E-state index in [0.29, 0.717) is 12.3 Å². The van der Waals surface area contributed by atoms with Gasteiger partial charge in [0.25, 0.3) is 0 Å². The van der Waals surface area contributed by atoms with Crippen molar-refractivity contribution in [3.05, 3.63) is 41.5 Å². The fourth-order valence-corrected chi connectivity index (χ4v) is 2.95. The van der Waals surface area contributed by atoms with Gasteiger partial charge in [-0.3, -0.25) is 10.0 Å². The number of carbonyl (C=O) groups excluding carboxylic acids is 1. The number of aliphatic carboxylic acids is 1. The number of dihydropyridines is 1. The van der Waals surface area contributed by atoms with E-state index in [-0.39, 0.29) is 12.0 Å². The number of ether oxygens (including phenoxy) is 1. The lowest BCUT2D eigenvalue weighted by Gasteiger charge is -2.27. The van der Waals surface area contributed by atoms with Crippen molar-refractivity contribution < 1.29 is 19.4 Å². The van der Waals surface area contributed by atoms with Gasteiger partial charge in [0, 0.05) is 12.6 Å². The first-order chi connectivity index (χ1) is 11.6. The maximum Gasteiger partial charge on any atom is 0.332 e. The highest BCUT2D eigenvalue weighted by Gasteiger charge is 2.42. The van der Waals surface area contributed by atoms with Gasteiger partial charge in [-0.05, 0) is 23.8 Å². The predicted molar refractivity (Wildman–Crippen MR) is 88.1 cm³/mol. The highest BCUT2D eigenvalue weighted by atomic mass is 16.5. The van der Waals surface area contributed by atoms with Crippen LogP contribution in [0.2, 0.25) is 0 Å². The Morgan fingerprint density at radius 3 is 2.75 bits per heavy atom. The maximum absolute atomic E-state index is 11.5. The van der Waals surface area contributed by atoms with Crippen LogP contribution in [0.3, 0.4) is 0 Å². The van der Waals surface area contributed by atoms with E-state index >= 15 is 0 Å². The number of methoxy groups -OCH3 is 1. The van der Waals surface area contributed by atoms with Crippen molar-refractivity contribution in [2.75, 3.05) is 7.11 Å². The maximum atomic E-state index is 11.5. The van der Waals surface area contributed by atoms with Gasteiger partial charge in [0.05, 0.1) is 30.9 Å². The van der Waals surface area contributed by atoms with Gasteiger partial charge in [0.1, 0.15) is 18.2 Å². The van der Waals surface area contributed by atoms with Crippen molar-refractivity contribution in [2.24, 2.45) is 16.0 Å². The summed E-state index contributed by atoms with van der Waals surface area (Å²) in [5.41, 5.74) is 1.74. The molecular formula is C17H17N3O4. The third-order valence-corrected chi connectivity index (χ3v) is 4.09. The highest BCUT2D eigenvalue weighted by Crippen LogP contribution is 2.33. The first-order valence-corrected chi connectivity index (χ1v) is 7.51. The average molecular weight is 327 g/mol. The number of benzene rings is 1. The molecule has 0 fully saturated rings. The zero-order chi connectivity index (χ0) is 17.1. The molecule has 1 aromatic carbocycles. The number of hydrogen-bond acceptors (Lipinski definition) is 6. The van der Waals surface area contributed by atoms with E-state index in [4.69, 9.17) is 4.74 Å². The van der Waals surface area contributed by atoms with Crippen LogP contribution in [0.5, 0.6) is 5.75 Å². The summed E-state index contributed by atoms with van der Waals surface area (Å²) < 4.78 is 5.14. The molecule has 124 valence electrons.